The second-order valence-corrected chi connectivity index (χ2v) is 5.66. The van der Waals surface area contributed by atoms with Crippen molar-refractivity contribution in [3.8, 4) is 0 Å². The first-order chi connectivity index (χ1) is 9.36. The smallest absolute Gasteiger partial charge is 0.0722 e. The highest BCUT2D eigenvalue weighted by atomic mass is 14.9. The molecule has 2 unspecified atom stereocenters. The van der Waals surface area contributed by atoms with E-state index in [9.17, 15) is 0 Å². The Balaban J connectivity index is 1.81. The third-order valence-corrected chi connectivity index (χ3v) is 4.37. The summed E-state index contributed by atoms with van der Waals surface area (Å²) >= 11 is 0. The minimum atomic E-state index is 0.629. The van der Waals surface area contributed by atoms with E-state index in [1.54, 1.807) is 0 Å². The van der Waals surface area contributed by atoms with Gasteiger partial charge in [-0.15, -0.1) is 0 Å². The van der Waals surface area contributed by atoms with Crippen LogP contribution in [-0.4, -0.2) is 11.0 Å². The molecule has 1 aromatic heterocycles. The summed E-state index contributed by atoms with van der Waals surface area (Å²) in [6, 6.07) is 11.2. The van der Waals surface area contributed by atoms with Gasteiger partial charge in [0, 0.05) is 23.3 Å². The molecule has 1 fully saturated rings. The van der Waals surface area contributed by atoms with Crippen LogP contribution in [0.15, 0.2) is 36.5 Å². The average molecular weight is 254 g/mol. The predicted molar refractivity (Wildman–Crippen MR) is 81.4 cm³/mol. The van der Waals surface area contributed by atoms with Crippen LogP contribution in [0.5, 0.6) is 0 Å². The lowest BCUT2D eigenvalue weighted by molar-refractivity contribution is 0.327. The summed E-state index contributed by atoms with van der Waals surface area (Å²) in [4.78, 5) is 4.43. The summed E-state index contributed by atoms with van der Waals surface area (Å²) in [6.07, 6.45) is 8.56. The third-order valence-electron chi connectivity index (χ3n) is 4.37. The maximum atomic E-state index is 4.43. The van der Waals surface area contributed by atoms with E-state index in [0.29, 0.717) is 6.04 Å². The van der Waals surface area contributed by atoms with E-state index in [2.05, 4.69) is 41.5 Å². The number of rotatable bonds is 3. The van der Waals surface area contributed by atoms with Crippen LogP contribution in [0.1, 0.15) is 39.0 Å². The number of pyridine rings is 1. The van der Waals surface area contributed by atoms with Crippen molar-refractivity contribution >= 4 is 16.6 Å². The van der Waals surface area contributed by atoms with E-state index in [0.717, 1.165) is 11.4 Å². The van der Waals surface area contributed by atoms with Crippen LogP contribution in [-0.2, 0) is 0 Å². The highest BCUT2D eigenvalue weighted by molar-refractivity contribution is 5.91. The zero-order valence-corrected chi connectivity index (χ0v) is 11.6. The zero-order valence-electron chi connectivity index (χ0n) is 11.6. The molecule has 1 N–H and O–H groups in total. The molecule has 3 rings (SSSR count). The molecule has 19 heavy (non-hydrogen) atoms. The van der Waals surface area contributed by atoms with E-state index in [1.807, 2.05) is 12.3 Å². The summed E-state index contributed by atoms with van der Waals surface area (Å²) in [6.45, 7) is 2.31. The minimum absolute atomic E-state index is 0.629. The quantitative estimate of drug-likeness (QED) is 0.864. The maximum Gasteiger partial charge on any atom is 0.0722 e. The largest absolute Gasteiger partial charge is 0.382 e. The van der Waals surface area contributed by atoms with Crippen LogP contribution in [0.3, 0.4) is 0 Å². The van der Waals surface area contributed by atoms with E-state index in [4.69, 9.17) is 0 Å². The topological polar surface area (TPSA) is 24.9 Å². The molecule has 0 radical (unpaired) electrons. The van der Waals surface area contributed by atoms with Gasteiger partial charge < -0.3 is 5.32 Å². The number of nitrogens with one attached hydrogen (secondary N) is 1. The Labute approximate surface area is 115 Å². The number of fused-ring (bicyclic) bond motifs is 1. The molecule has 1 saturated carbocycles. The second kappa shape index (κ2) is 5.60. The van der Waals surface area contributed by atoms with Crippen LogP contribution in [0.2, 0.25) is 0 Å². The van der Waals surface area contributed by atoms with E-state index < -0.39 is 0 Å². The number of aromatic nitrogens is 1. The van der Waals surface area contributed by atoms with E-state index >= 15 is 0 Å². The lowest BCUT2D eigenvalue weighted by Crippen LogP contribution is -2.27. The minimum Gasteiger partial charge on any atom is -0.382 e. The van der Waals surface area contributed by atoms with Gasteiger partial charge in [0.2, 0.25) is 0 Å². The summed E-state index contributed by atoms with van der Waals surface area (Å²) in [5, 5.41) is 4.99. The standard InChI is InChI=1S/C17H22N2/c1-2-13-6-3-7-14(12-13)19-17-10-4-9-16-15(17)8-5-11-18-16/h4-5,8-11,13-14,19H,2-3,6-7,12H2,1H3. The summed E-state index contributed by atoms with van der Waals surface area (Å²) in [5.74, 6) is 0.902. The fraction of sp³-hybridized carbons (Fsp3) is 0.471. The number of benzene rings is 1. The van der Waals surface area contributed by atoms with Gasteiger partial charge in [0.1, 0.15) is 0 Å². The van der Waals surface area contributed by atoms with Crippen molar-refractivity contribution in [2.75, 3.05) is 5.32 Å². The molecule has 100 valence electrons. The predicted octanol–water partition coefficient (Wildman–Crippen LogP) is 4.62. The number of hydrogen-bond donors (Lipinski definition) is 1. The Kier molecular flexibility index (Phi) is 3.67. The van der Waals surface area contributed by atoms with Crippen molar-refractivity contribution in [3.05, 3.63) is 36.5 Å². The molecule has 1 aliphatic rings. The normalized spacial score (nSPS) is 23.4. The first-order valence-electron chi connectivity index (χ1n) is 7.47. The molecule has 0 spiro atoms. The van der Waals surface area contributed by atoms with Crippen molar-refractivity contribution in [3.63, 3.8) is 0 Å². The molecule has 1 heterocycles. The summed E-state index contributed by atoms with van der Waals surface area (Å²) in [7, 11) is 0. The molecular weight excluding hydrogens is 232 g/mol. The highest BCUT2D eigenvalue weighted by Crippen LogP contribution is 2.30. The Morgan fingerprint density at radius 2 is 2.16 bits per heavy atom. The summed E-state index contributed by atoms with van der Waals surface area (Å²) in [5.41, 5.74) is 2.32. The van der Waals surface area contributed by atoms with Crippen LogP contribution in [0.4, 0.5) is 5.69 Å². The monoisotopic (exact) mass is 254 g/mol. The number of anilines is 1. The Bertz CT molecular complexity index is 544. The van der Waals surface area contributed by atoms with Gasteiger partial charge in [-0.3, -0.25) is 4.98 Å². The molecular formula is C17H22N2. The van der Waals surface area contributed by atoms with Crippen molar-refractivity contribution in [1.29, 1.82) is 0 Å². The molecule has 0 bridgehead atoms. The Hall–Kier alpha value is -1.57. The van der Waals surface area contributed by atoms with Gasteiger partial charge in [0.25, 0.3) is 0 Å². The van der Waals surface area contributed by atoms with Crippen molar-refractivity contribution in [1.82, 2.24) is 4.98 Å². The number of hydrogen-bond acceptors (Lipinski definition) is 2. The van der Waals surface area contributed by atoms with Crippen molar-refractivity contribution in [2.45, 2.75) is 45.1 Å². The van der Waals surface area contributed by atoms with E-state index in [-0.39, 0.29) is 0 Å². The van der Waals surface area contributed by atoms with Gasteiger partial charge in [-0.05, 0) is 43.0 Å². The molecule has 2 heteroatoms. The average Bonchev–Trinajstić information content (AvgIpc) is 2.48. The van der Waals surface area contributed by atoms with Crippen LogP contribution in [0.25, 0.3) is 10.9 Å². The molecule has 1 aliphatic carbocycles. The first-order valence-corrected chi connectivity index (χ1v) is 7.47. The van der Waals surface area contributed by atoms with Crippen LogP contribution < -0.4 is 5.32 Å². The second-order valence-electron chi connectivity index (χ2n) is 5.66. The molecule has 2 nitrogen and oxygen atoms in total. The van der Waals surface area contributed by atoms with Crippen molar-refractivity contribution < 1.29 is 0 Å². The molecule has 1 aromatic carbocycles. The van der Waals surface area contributed by atoms with Gasteiger partial charge in [0.05, 0.1) is 5.52 Å². The van der Waals surface area contributed by atoms with E-state index in [1.165, 1.54) is 43.2 Å². The van der Waals surface area contributed by atoms with Gasteiger partial charge in [-0.25, -0.2) is 0 Å². The fourth-order valence-electron chi connectivity index (χ4n) is 3.24. The van der Waals surface area contributed by atoms with Crippen LogP contribution >= 0.6 is 0 Å². The van der Waals surface area contributed by atoms with Gasteiger partial charge in [-0.2, -0.15) is 0 Å². The lowest BCUT2D eigenvalue weighted by atomic mass is 9.84. The summed E-state index contributed by atoms with van der Waals surface area (Å²) < 4.78 is 0. The number of nitrogens with zero attached hydrogens (tertiary/aromatic N) is 1. The molecule has 2 atom stereocenters. The fourth-order valence-corrected chi connectivity index (χ4v) is 3.24. The first kappa shape index (κ1) is 12.5. The highest BCUT2D eigenvalue weighted by Gasteiger charge is 2.20. The molecule has 2 aromatic rings. The SMILES string of the molecule is CCC1CCCC(Nc2cccc3ncccc23)C1. The molecule has 0 saturated heterocycles. The zero-order chi connectivity index (χ0) is 13.1. The van der Waals surface area contributed by atoms with Gasteiger partial charge >= 0.3 is 0 Å². The maximum absolute atomic E-state index is 4.43. The molecule has 0 aliphatic heterocycles. The molecule has 0 amide bonds. The van der Waals surface area contributed by atoms with Gasteiger partial charge in [0.15, 0.2) is 0 Å². The van der Waals surface area contributed by atoms with Crippen LogP contribution in [0, 0.1) is 5.92 Å². The third kappa shape index (κ3) is 2.73. The Morgan fingerprint density at radius 1 is 1.21 bits per heavy atom. The van der Waals surface area contributed by atoms with Crippen molar-refractivity contribution in [2.24, 2.45) is 5.92 Å². The van der Waals surface area contributed by atoms with Gasteiger partial charge in [-0.1, -0.05) is 32.3 Å². The Morgan fingerprint density at radius 3 is 3.05 bits per heavy atom. The lowest BCUT2D eigenvalue weighted by Gasteiger charge is -2.30.